The second kappa shape index (κ2) is 5.66. The van der Waals surface area contributed by atoms with E-state index in [1.165, 1.54) is 18.3 Å². The Hall–Kier alpha value is -2.15. The van der Waals surface area contributed by atoms with Gasteiger partial charge in [-0.1, -0.05) is 0 Å². The highest BCUT2D eigenvalue weighted by Gasteiger charge is 2.18. The van der Waals surface area contributed by atoms with Gasteiger partial charge in [-0.05, 0) is 12.1 Å². The number of pyridine rings is 1. The smallest absolute Gasteiger partial charge is 0.341 e. The second-order valence-corrected chi connectivity index (χ2v) is 4.15. The fourth-order valence-electron chi connectivity index (χ4n) is 1.88. The molecule has 0 aliphatic carbocycles. The highest BCUT2D eigenvalue weighted by atomic mass is 16.5. The number of carboxylic acid groups (broad SMARTS) is 1. The van der Waals surface area contributed by atoms with Gasteiger partial charge in [0, 0.05) is 19.3 Å². The highest BCUT2D eigenvalue weighted by Crippen LogP contribution is 1.99. The van der Waals surface area contributed by atoms with Crippen molar-refractivity contribution >= 4 is 11.9 Å². The molecular weight excluding hydrogens is 252 g/mol. The quantitative estimate of drug-likeness (QED) is 0.789. The van der Waals surface area contributed by atoms with Crippen LogP contribution in [0.15, 0.2) is 23.1 Å². The van der Waals surface area contributed by atoms with Crippen LogP contribution in [0.4, 0.5) is 0 Å². The van der Waals surface area contributed by atoms with Gasteiger partial charge in [0.25, 0.3) is 5.56 Å². The molecule has 1 aliphatic heterocycles. The Morgan fingerprint density at radius 1 is 1.32 bits per heavy atom. The number of aromatic nitrogens is 1. The van der Waals surface area contributed by atoms with Crippen molar-refractivity contribution in [1.82, 2.24) is 9.47 Å². The Bertz CT molecular complexity index is 545. The lowest BCUT2D eigenvalue weighted by Gasteiger charge is -2.27. The lowest BCUT2D eigenvalue weighted by Crippen LogP contribution is -2.43. The Kier molecular flexibility index (Phi) is 3.96. The van der Waals surface area contributed by atoms with Gasteiger partial charge in [-0.3, -0.25) is 9.59 Å². The molecule has 0 saturated carbocycles. The number of carbonyl (C=O) groups excluding carboxylic acids is 1. The van der Waals surface area contributed by atoms with E-state index in [4.69, 9.17) is 9.84 Å². The van der Waals surface area contributed by atoms with Crippen molar-refractivity contribution in [1.29, 1.82) is 0 Å². The molecule has 0 aromatic carbocycles. The largest absolute Gasteiger partial charge is 0.477 e. The van der Waals surface area contributed by atoms with Crippen molar-refractivity contribution in [3.8, 4) is 0 Å². The molecule has 0 spiro atoms. The van der Waals surface area contributed by atoms with Gasteiger partial charge >= 0.3 is 5.97 Å². The molecule has 1 aromatic rings. The first kappa shape index (κ1) is 13.3. The van der Waals surface area contributed by atoms with Gasteiger partial charge in [0.1, 0.15) is 12.1 Å². The van der Waals surface area contributed by atoms with Gasteiger partial charge in [-0.2, -0.15) is 0 Å². The summed E-state index contributed by atoms with van der Waals surface area (Å²) >= 11 is 0. The minimum atomic E-state index is -1.29. The number of rotatable bonds is 3. The van der Waals surface area contributed by atoms with E-state index in [2.05, 4.69) is 0 Å². The molecule has 1 saturated heterocycles. The normalized spacial score (nSPS) is 15.3. The van der Waals surface area contributed by atoms with E-state index in [0.717, 1.165) is 4.57 Å². The van der Waals surface area contributed by atoms with E-state index in [1.54, 1.807) is 4.90 Å². The van der Waals surface area contributed by atoms with Crippen LogP contribution in [0.5, 0.6) is 0 Å². The Morgan fingerprint density at radius 2 is 2.00 bits per heavy atom. The average Bonchev–Trinajstić information content (AvgIpc) is 2.41. The summed E-state index contributed by atoms with van der Waals surface area (Å²) in [5.41, 5.74) is -1.01. The number of carboxylic acids is 1. The van der Waals surface area contributed by atoms with E-state index in [-0.39, 0.29) is 18.0 Å². The standard InChI is InChI=1S/C12H14N2O5/c15-10(13-4-6-19-7-5-13)8-14-3-1-2-9(11(14)16)12(17)18/h1-3H,4-8H2,(H,17,18). The van der Waals surface area contributed by atoms with E-state index in [0.29, 0.717) is 26.3 Å². The molecule has 2 heterocycles. The third kappa shape index (κ3) is 3.00. The van der Waals surface area contributed by atoms with Crippen LogP contribution in [0.2, 0.25) is 0 Å². The number of hydrogen-bond donors (Lipinski definition) is 1. The lowest BCUT2D eigenvalue weighted by atomic mass is 10.3. The van der Waals surface area contributed by atoms with Crippen molar-refractivity contribution in [2.45, 2.75) is 6.54 Å². The van der Waals surface area contributed by atoms with Crippen LogP contribution in [0, 0.1) is 0 Å². The third-order valence-electron chi connectivity index (χ3n) is 2.92. The van der Waals surface area contributed by atoms with E-state index >= 15 is 0 Å². The summed E-state index contributed by atoms with van der Waals surface area (Å²) in [6.45, 7) is 1.80. The summed E-state index contributed by atoms with van der Waals surface area (Å²) in [4.78, 5) is 36.2. The van der Waals surface area contributed by atoms with E-state index in [9.17, 15) is 14.4 Å². The molecule has 7 heteroatoms. The summed E-state index contributed by atoms with van der Waals surface area (Å²) in [5.74, 6) is -1.51. The zero-order valence-electron chi connectivity index (χ0n) is 10.2. The summed E-state index contributed by atoms with van der Waals surface area (Å²) in [5, 5.41) is 8.85. The molecule has 0 radical (unpaired) electrons. The predicted molar refractivity (Wildman–Crippen MR) is 65.1 cm³/mol. The monoisotopic (exact) mass is 266 g/mol. The molecule has 1 aromatic heterocycles. The highest BCUT2D eigenvalue weighted by molar-refractivity contribution is 5.87. The fraction of sp³-hybridized carbons (Fsp3) is 0.417. The summed E-state index contributed by atoms with van der Waals surface area (Å²) in [6, 6.07) is 2.66. The molecule has 102 valence electrons. The first-order valence-electron chi connectivity index (χ1n) is 5.88. The van der Waals surface area contributed by atoms with Gasteiger partial charge in [-0.15, -0.1) is 0 Å². The van der Waals surface area contributed by atoms with Gasteiger partial charge in [0.05, 0.1) is 13.2 Å². The zero-order chi connectivity index (χ0) is 13.8. The molecular formula is C12H14N2O5. The van der Waals surface area contributed by atoms with Crippen LogP contribution in [0.1, 0.15) is 10.4 Å². The third-order valence-corrected chi connectivity index (χ3v) is 2.92. The second-order valence-electron chi connectivity index (χ2n) is 4.15. The molecule has 1 fully saturated rings. The van der Waals surface area contributed by atoms with E-state index in [1.807, 2.05) is 0 Å². The number of morpholine rings is 1. The Morgan fingerprint density at radius 3 is 2.63 bits per heavy atom. The first-order valence-corrected chi connectivity index (χ1v) is 5.88. The molecule has 1 N–H and O–H groups in total. The number of ether oxygens (including phenoxy) is 1. The minimum absolute atomic E-state index is 0.153. The van der Waals surface area contributed by atoms with Crippen molar-refractivity contribution in [2.24, 2.45) is 0 Å². The Balaban J connectivity index is 2.15. The lowest BCUT2D eigenvalue weighted by molar-refractivity contribution is -0.135. The maximum absolute atomic E-state index is 12.0. The molecule has 0 atom stereocenters. The summed E-state index contributed by atoms with van der Waals surface area (Å²) in [7, 11) is 0. The molecule has 0 bridgehead atoms. The molecule has 19 heavy (non-hydrogen) atoms. The number of carbonyl (C=O) groups is 2. The molecule has 7 nitrogen and oxygen atoms in total. The number of nitrogens with zero attached hydrogens (tertiary/aromatic N) is 2. The fourth-order valence-corrected chi connectivity index (χ4v) is 1.88. The predicted octanol–water partition coefficient (Wildman–Crippen LogP) is -0.595. The summed E-state index contributed by atoms with van der Waals surface area (Å²) < 4.78 is 6.25. The van der Waals surface area contributed by atoms with Crippen molar-refractivity contribution in [3.05, 3.63) is 34.2 Å². The van der Waals surface area contributed by atoms with Crippen LogP contribution in [0.25, 0.3) is 0 Å². The van der Waals surface area contributed by atoms with Crippen molar-refractivity contribution in [2.75, 3.05) is 26.3 Å². The van der Waals surface area contributed by atoms with Crippen molar-refractivity contribution < 1.29 is 19.4 Å². The van der Waals surface area contributed by atoms with Crippen LogP contribution < -0.4 is 5.56 Å². The van der Waals surface area contributed by atoms with Crippen LogP contribution in [-0.2, 0) is 16.1 Å². The molecule has 1 amide bonds. The first-order chi connectivity index (χ1) is 9.09. The number of amides is 1. The topological polar surface area (TPSA) is 88.8 Å². The molecule has 2 rings (SSSR count). The van der Waals surface area contributed by atoms with Crippen LogP contribution in [-0.4, -0.2) is 52.8 Å². The van der Waals surface area contributed by atoms with Gasteiger partial charge in [0.15, 0.2) is 0 Å². The number of aromatic carboxylic acids is 1. The maximum atomic E-state index is 12.0. The van der Waals surface area contributed by atoms with E-state index < -0.39 is 11.5 Å². The van der Waals surface area contributed by atoms with Crippen LogP contribution in [0.3, 0.4) is 0 Å². The number of hydrogen-bond acceptors (Lipinski definition) is 4. The van der Waals surface area contributed by atoms with Gasteiger partial charge in [0.2, 0.25) is 5.91 Å². The van der Waals surface area contributed by atoms with Gasteiger partial charge < -0.3 is 19.3 Å². The zero-order valence-corrected chi connectivity index (χ0v) is 10.2. The maximum Gasteiger partial charge on any atom is 0.341 e. The molecule has 0 unspecified atom stereocenters. The SMILES string of the molecule is O=C(O)c1cccn(CC(=O)N2CCOCC2)c1=O. The van der Waals surface area contributed by atoms with Crippen molar-refractivity contribution in [3.63, 3.8) is 0 Å². The van der Waals surface area contributed by atoms with Crippen LogP contribution >= 0.6 is 0 Å². The minimum Gasteiger partial charge on any atom is -0.477 e. The van der Waals surface area contributed by atoms with Gasteiger partial charge in [-0.25, -0.2) is 4.79 Å². The molecule has 1 aliphatic rings. The Labute approximate surface area is 109 Å². The average molecular weight is 266 g/mol. The summed E-state index contributed by atoms with van der Waals surface area (Å²) in [6.07, 6.45) is 1.41.